The van der Waals surface area contributed by atoms with E-state index in [1.54, 1.807) is 7.11 Å². The number of oxazole rings is 1. The number of methoxy groups -OCH3 is 1. The van der Waals surface area contributed by atoms with Gasteiger partial charge in [0.15, 0.2) is 6.10 Å². The quantitative estimate of drug-likeness (QED) is 0.725. The van der Waals surface area contributed by atoms with Gasteiger partial charge in [-0.05, 0) is 17.7 Å². The van der Waals surface area contributed by atoms with Gasteiger partial charge in [0.25, 0.3) is 5.91 Å². The van der Waals surface area contributed by atoms with Crippen LogP contribution >= 0.6 is 0 Å². The zero-order valence-electron chi connectivity index (χ0n) is 14.9. The van der Waals surface area contributed by atoms with Gasteiger partial charge in [0.2, 0.25) is 5.89 Å². The molecule has 1 atom stereocenters. The molecule has 6 heteroatoms. The summed E-state index contributed by atoms with van der Waals surface area (Å²) in [5, 5.41) is 0. The smallest absolute Gasteiger partial charge is 0.270 e. The Morgan fingerprint density at radius 1 is 1.23 bits per heavy atom. The monoisotopic (exact) mass is 351 g/mol. The third-order valence-corrected chi connectivity index (χ3v) is 4.76. The van der Waals surface area contributed by atoms with Crippen LogP contribution in [0, 0.1) is 0 Å². The van der Waals surface area contributed by atoms with Gasteiger partial charge >= 0.3 is 0 Å². The predicted molar refractivity (Wildman–Crippen MR) is 95.7 cm³/mol. The number of fused-ring (bicyclic) bond motifs is 1. The van der Waals surface area contributed by atoms with Gasteiger partial charge in [-0.1, -0.05) is 30.3 Å². The van der Waals surface area contributed by atoms with Crippen LogP contribution in [0.5, 0.6) is 0 Å². The number of hydrogen-bond acceptors (Lipinski definition) is 4. The highest BCUT2D eigenvalue weighted by atomic mass is 16.5. The van der Waals surface area contributed by atoms with Crippen molar-refractivity contribution in [2.45, 2.75) is 19.1 Å². The lowest BCUT2D eigenvalue weighted by molar-refractivity contribution is 0.0717. The summed E-state index contributed by atoms with van der Waals surface area (Å²) in [5.41, 5.74) is 2.48. The molecule has 0 saturated carbocycles. The molecule has 26 heavy (non-hydrogen) atoms. The van der Waals surface area contributed by atoms with Crippen LogP contribution in [0.25, 0.3) is 0 Å². The van der Waals surface area contributed by atoms with Crippen molar-refractivity contribution in [3.8, 4) is 0 Å². The van der Waals surface area contributed by atoms with Crippen LogP contribution in [-0.2, 0) is 24.8 Å². The van der Waals surface area contributed by atoms with Crippen molar-refractivity contribution in [1.82, 2.24) is 14.5 Å². The predicted octanol–water partition coefficient (Wildman–Crippen LogP) is 2.95. The lowest BCUT2D eigenvalue weighted by Crippen LogP contribution is -2.36. The van der Waals surface area contributed by atoms with E-state index in [0.29, 0.717) is 31.1 Å². The van der Waals surface area contributed by atoms with E-state index in [-0.39, 0.29) is 12.0 Å². The van der Waals surface area contributed by atoms with Crippen LogP contribution < -0.4 is 0 Å². The average molecular weight is 351 g/mol. The van der Waals surface area contributed by atoms with E-state index >= 15 is 0 Å². The number of rotatable bonds is 4. The number of carbonyl (C=O) groups excluding carboxylic acids is 1. The van der Waals surface area contributed by atoms with E-state index < -0.39 is 0 Å². The summed E-state index contributed by atoms with van der Waals surface area (Å²) in [6.07, 6.45) is 2.18. The molecule has 1 unspecified atom stereocenters. The second-order valence-corrected chi connectivity index (χ2v) is 6.43. The Morgan fingerprint density at radius 2 is 2.04 bits per heavy atom. The van der Waals surface area contributed by atoms with Crippen molar-refractivity contribution in [3.05, 3.63) is 77.3 Å². The first-order chi connectivity index (χ1) is 12.7. The molecule has 1 aromatic carbocycles. The number of nitrogens with zero attached hydrogens (tertiary/aromatic N) is 3. The van der Waals surface area contributed by atoms with Crippen molar-refractivity contribution >= 4 is 5.91 Å². The third kappa shape index (κ3) is 2.93. The topological polar surface area (TPSA) is 60.5 Å². The van der Waals surface area contributed by atoms with Gasteiger partial charge < -0.3 is 18.6 Å². The standard InChI is InChI=1S/C20H21N3O3/c1-22-11-6-9-16(22)20(24)23-12-10-17-15(13-23)21-19(26-17)18(25-2)14-7-4-3-5-8-14/h3-9,11,18H,10,12-13H2,1-2H3. The van der Waals surface area contributed by atoms with Crippen LogP contribution in [0.15, 0.2) is 53.1 Å². The van der Waals surface area contributed by atoms with Gasteiger partial charge in [-0.3, -0.25) is 4.79 Å². The van der Waals surface area contributed by atoms with Crippen LogP contribution in [0.3, 0.4) is 0 Å². The summed E-state index contributed by atoms with van der Waals surface area (Å²) in [6, 6.07) is 13.6. The SMILES string of the molecule is COC(c1ccccc1)c1nc2c(o1)CCN(C(=O)c1cccn1C)C2. The highest BCUT2D eigenvalue weighted by Crippen LogP contribution is 2.29. The van der Waals surface area contributed by atoms with Crippen LogP contribution in [0.4, 0.5) is 0 Å². The van der Waals surface area contributed by atoms with Crippen molar-refractivity contribution < 1.29 is 13.9 Å². The lowest BCUT2D eigenvalue weighted by Gasteiger charge is -2.25. The summed E-state index contributed by atoms with van der Waals surface area (Å²) in [4.78, 5) is 19.2. The van der Waals surface area contributed by atoms with E-state index in [9.17, 15) is 4.79 Å². The highest BCUT2D eigenvalue weighted by molar-refractivity contribution is 5.92. The minimum Gasteiger partial charge on any atom is -0.442 e. The molecule has 0 aliphatic carbocycles. The van der Waals surface area contributed by atoms with Gasteiger partial charge in [0, 0.05) is 33.3 Å². The first kappa shape index (κ1) is 16.6. The average Bonchev–Trinajstić information content (AvgIpc) is 3.28. The van der Waals surface area contributed by atoms with E-state index in [0.717, 1.165) is 17.0 Å². The second-order valence-electron chi connectivity index (χ2n) is 6.43. The van der Waals surface area contributed by atoms with Crippen molar-refractivity contribution in [2.75, 3.05) is 13.7 Å². The number of hydrogen-bond donors (Lipinski definition) is 0. The Balaban J connectivity index is 1.57. The number of aromatic nitrogens is 2. The third-order valence-electron chi connectivity index (χ3n) is 4.76. The molecule has 0 radical (unpaired) electrons. The molecule has 0 spiro atoms. The van der Waals surface area contributed by atoms with Gasteiger partial charge in [-0.25, -0.2) is 4.98 Å². The van der Waals surface area contributed by atoms with Gasteiger partial charge in [0.05, 0.1) is 6.54 Å². The van der Waals surface area contributed by atoms with E-state index in [1.807, 2.05) is 65.2 Å². The number of ether oxygens (including phenoxy) is 1. The van der Waals surface area contributed by atoms with Crippen LogP contribution in [0.2, 0.25) is 0 Å². The number of benzene rings is 1. The summed E-state index contributed by atoms with van der Waals surface area (Å²) >= 11 is 0. The second kappa shape index (κ2) is 6.80. The maximum absolute atomic E-state index is 12.7. The first-order valence-electron chi connectivity index (χ1n) is 8.64. The molecule has 6 nitrogen and oxygen atoms in total. The fourth-order valence-corrected chi connectivity index (χ4v) is 3.36. The fourth-order valence-electron chi connectivity index (χ4n) is 3.36. The molecular formula is C20H21N3O3. The van der Waals surface area contributed by atoms with Crippen LogP contribution in [-0.4, -0.2) is 34.0 Å². The maximum Gasteiger partial charge on any atom is 0.270 e. The lowest BCUT2D eigenvalue weighted by atomic mass is 10.1. The maximum atomic E-state index is 12.7. The normalized spacial score (nSPS) is 14.9. The van der Waals surface area contributed by atoms with Crippen molar-refractivity contribution in [3.63, 3.8) is 0 Å². The van der Waals surface area contributed by atoms with Crippen molar-refractivity contribution in [2.24, 2.45) is 7.05 Å². The molecule has 0 saturated heterocycles. The zero-order valence-corrected chi connectivity index (χ0v) is 14.9. The fraction of sp³-hybridized carbons (Fsp3) is 0.300. The Bertz CT molecular complexity index is 914. The zero-order chi connectivity index (χ0) is 18.1. The molecule has 0 bridgehead atoms. The Labute approximate surface area is 152 Å². The molecule has 134 valence electrons. The van der Waals surface area contributed by atoms with Crippen molar-refractivity contribution in [1.29, 1.82) is 0 Å². The molecule has 0 N–H and O–H groups in total. The Hall–Kier alpha value is -2.86. The molecule has 3 heterocycles. The minimum atomic E-state index is -0.348. The molecular weight excluding hydrogens is 330 g/mol. The molecule has 3 aromatic rings. The summed E-state index contributed by atoms with van der Waals surface area (Å²) in [7, 11) is 3.52. The van der Waals surface area contributed by atoms with E-state index in [4.69, 9.17) is 9.15 Å². The molecule has 4 rings (SSSR count). The Kier molecular flexibility index (Phi) is 4.34. The first-order valence-corrected chi connectivity index (χ1v) is 8.64. The summed E-state index contributed by atoms with van der Waals surface area (Å²) < 4.78 is 13.4. The molecule has 0 fully saturated rings. The van der Waals surface area contributed by atoms with Gasteiger partial charge in [-0.15, -0.1) is 0 Å². The highest BCUT2D eigenvalue weighted by Gasteiger charge is 2.29. The van der Waals surface area contributed by atoms with Crippen LogP contribution in [0.1, 0.15) is 39.5 Å². The summed E-state index contributed by atoms with van der Waals surface area (Å²) in [6.45, 7) is 1.07. The van der Waals surface area contributed by atoms with Gasteiger partial charge in [0.1, 0.15) is 17.1 Å². The molecule has 2 aromatic heterocycles. The Morgan fingerprint density at radius 3 is 2.73 bits per heavy atom. The summed E-state index contributed by atoms with van der Waals surface area (Å²) in [5.74, 6) is 1.39. The van der Waals surface area contributed by atoms with E-state index in [1.165, 1.54) is 0 Å². The minimum absolute atomic E-state index is 0.0130. The number of carbonyl (C=O) groups is 1. The largest absolute Gasteiger partial charge is 0.442 e. The number of aryl methyl sites for hydroxylation is 1. The molecule has 1 aliphatic rings. The van der Waals surface area contributed by atoms with Gasteiger partial charge in [-0.2, -0.15) is 0 Å². The molecule has 1 amide bonds. The van der Waals surface area contributed by atoms with E-state index in [2.05, 4.69) is 4.98 Å². The number of amides is 1. The molecule has 1 aliphatic heterocycles.